The predicted octanol–water partition coefficient (Wildman–Crippen LogP) is 2.99. The van der Waals surface area contributed by atoms with Crippen LogP contribution in [-0.4, -0.2) is 5.11 Å². The molecule has 0 heterocycles. The zero-order valence-electron chi connectivity index (χ0n) is 8.35. The molecular formula is C14H12O. The van der Waals surface area contributed by atoms with Gasteiger partial charge >= 0.3 is 0 Å². The van der Waals surface area contributed by atoms with Crippen LogP contribution in [0, 0.1) is 0 Å². The van der Waals surface area contributed by atoms with Crippen molar-refractivity contribution in [3.63, 3.8) is 0 Å². The second-order valence-electron chi connectivity index (χ2n) is 3.98. The molecule has 0 spiro atoms. The van der Waals surface area contributed by atoms with Crippen LogP contribution >= 0.6 is 0 Å². The molecule has 74 valence electrons. The molecule has 0 aliphatic heterocycles. The van der Waals surface area contributed by atoms with E-state index in [1.54, 1.807) is 0 Å². The molecule has 0 saturated carbocycles. The van der Waals surface area contributed by atoms with Gasteiger partial charge in [-0.25, -0.2) is 0 Å². The van der Waals surface area contributed by atoms with Crippen molar-refractivity contribution < 1.29 is 5.11 Å². The molecule has 15 heavy (non-hydrogen) atoms. The van der Waals surface area contributed by atoms with Gasteiger partial charge in [-0.1, -0.05) is 42.5 Å². The highest BCUT2D eigenvalue weighted by Gasteiger charge is 2.13. The quantitative estimate of drug-likeness (QED) is 0.642. The zero-order chi connectivity index (χ0) is 10.3. The number of aliphatic hydroxyl groups is 1. The van der Waals surface area contributed by atoms with Gasteiger partial charge in [0.25, 0.3) is 0 Å². The van der Waals surface area contributed by atoms with Crippen LogP contribution in [0.5, 0.6) is 0 Å². The summed E-state index contributed by atoms with van der Waals surface area (Å²) in [5.74, 6) is 0. The average molecular weight is 196 g/mol. The lowest BCUT2D eigenvalue weighted by molar-refractivity contribution is 0.225. The molecule has 1 heteroatoms. The topological polar surface area (TPSA) is 20.2 Å². The first-order valence-corrected chi connectivity index (χ1v) is 5.21. The molecule has 0 fully saturated rings. The number of benzene rings is 2. The molecular weight excluding hydrogens is 184 g/mol. The van der Waals surface area contributed by atoms with E-state index in [1.165, 1.54) is 16.3 Å². The highest BCUT2D eigenvalue weighted by molar-refractivity contribution is 5.84. The Balaban J connectivity index is 2.30. The molecule has 1 aliphatic rings. The van der Waals surface area contributed by atoms with Crippen molar-refractivity contribution in [2.45, 2.75) is 12.5 Å². The summed E-state index contributed by atoms with van der Waals surface area (Å²) in [5, 5.41) is 12.3. The van der Waals surface area contributed by atoms with E-state index >= 15 is 0 Å². The monoisotopic (exact) mass is 196 g/mol. The maximum Gasteiger partial charge on any atom is 0.0974 e. The Bertz CT molecular complexity index is 540. The molecule has 2 aromatic rings. The van der Waals surface area contributed by atoms with Crippen molar-refractivity contribution in [3.05, 3.63) is 59.7 Å². The highest BCUT2D eigenvalue weighted by Crippen LogP contribution is 2.29. The number of hydrogen-bond donors (Lipinski definition) is 1. The second-order valence-corrected chi connectivity index (χ2v) is 3.98. The Labute approximate surface area is 88.7 Å². The summed E-state index contributed by atoms with van der Waals surface area (Å²) in [6, 6.07) is 12.5. The Morgan fingerprint density at radius 3 is 2.60 bits per heavy atom. The molecule has 1 nitrogen and oxygen atoms in total. The highest BCUT2D eigenvalue weighted by atomic mass is 16.3. The van der Waals surface area contributed by atoms with Gasteiger partial charge in [-0.15, -0.1) is 0 Å². The Morgan fingerprint density at radius 2 is 1.80 bits per heavy atom. The summed E-state index contributed by atoms with van der Waals surface area (Å²) in [6.07, 6.45) is 4.38. The van der Waals surface area contributed by atoms with Crippen molar-refractivity contribution >= 4 is 10.8 Å². The lowest BCUT2D eigenvalue weighted by atomic mass is 9.92. The first-order chi connectivity index (χ1) is 7.34. The van der Waals surface area contributed by atoms with Gasteiger partial charge in [0.05, 0.1) is 6.10 Å². The number of hydrogen-bond acceptors (Lipinski definition) is 1. The lowest BCUT2D eigenvalue weighted by Crippen LogP contribution is -2.03. The minimum Gasteiger partial charge on any atom is -0.384 e. The third kappa shape index (κ3) is 1.36. The molecule has 3 rings (SSSR count). The number of fused-ring (bicyclic) bond motifs is 2. The first-order valence-electron chi connectivity index (χ1n) is 5.21. The van der Waals surface area contributed by atoms with Crippen molar-refractivity contribution in [2.24, 2.45) is 0 Å². The van der Waals surface area contributed by atoms with Crippen LogP contribution in [-0.2, 0) is 6.42 Å². The van der Waals surface area contributed by atoms with Crippen LogP contribution in [0.15, 0.2) is 48.6 Å². The van der Waals surface area contributed by atoms with Gasteiger partial charge in [-0.05, 0) is 34.4 Å². The number of rotatable bonds is 0. The molecule has 0 radical (unpaired) electrons. The fourth-order valence-electron chi connectivity index (χ4n) is 2.18. The van der Waals surface area contributed by atoms with Gasteiger partial charge in [0.2, 0.25) is 0 Å². The van der Waals surface area contributed by atoms with Crippen molar-refractivity contribution in [2.75, 3.05) is 0 Å². The van der Waals surface area contributed by atoms with Crippen LogP contribution in [0.25, 0.3) is 10.8 Å². The van der Waals surface area contributed by atoms with Crippen molar-refractivity contribution in [1.29, 1.82) is 0 Å². The molecule has 0 bridgehead atoms. The third-order valence-electron chi connectivity index (χ3n) is 2.98. The summed E-state index contributed by atoms with van der Waals surface area (Å²) < 4.78 is 0. The minimum absolute atomic E-state index is 0.432. The van der Waals surface area contributed by atoms with E-state index in [4.69, 9.17) is 0 Å². The van der Waals surface area contributed by atoms with Gasteiger partial charge in [0.1, 0.15) is 0 Å². The van der Waals surface area contributed by atoms with E-state index in [0.29, 0.717) is 0 Å². The fourth-order valence-corrected chi connectivity index (χ4v) is 2.18. The Morgan fingerprint density at radius 1 is 1.07 bits per heavy atom. The van der Waals surface area contributed by atoms with Gasteiger partial charge in [0.15, 0.2) is 0 Å². The summed E-state index contributed by atoms with van der Waals surface area (Å²) >= 11 is 0. The molecule has 1 N–H and O–H groups in total. The van der Waals surface area contributed by atoms with Gasteiger partial charge in [-0.2, -0.15) is 0 Å². The van der Waals surface area contributed by atoms with E-state index in [0.717, 1.165) is 12.0 Å². The number of aliphatic hydroxyl groups excluding tert-OH is 1. The smallest absolute Gasteiger partial charge is 0.0974 e. The van der Waals surface area contributed by atoms with Crippen molar-refractivity contribution in [3.8, 4) is 0 Å². The van der Waals surface area contributed by atoms with E-state index < -0.39 is 6.10 Å². The summed E-state index contributed by atoms with van der Waals surface area (Å²) in [7, 11) is 0. The number of allylic oxidation sites excluding steroid dienone is 1. The molecule has 2 aromatic carbocycles. The first kappa shape index (κ1) is 8.69. The SMILES string of the molecule is OC1C=CCc2cc3ccccc3cc21. The normalized spacial score (nSPS) is 19.1. The van der Waals surface area contributed by atoms with Crippen LogP contribution in [0.3, 0.4) is 0 Å². The van der Waals surface area contributed by atoms with Crippen LogP contribution in [0.1, 0.15) is 17.2 Å². The standard InChI is InChI=1S/C14H12O/c15-14-7-3-6-12-8-10-4-1-2-5-11(10)9-13(12)14/h1-5,7-9,14-15H,6H2. The van der Waals surface area contributed by atoms with Crippen molar-refractivity contribution in [1.82, 2.24) is 0 Å². The lowest BCUT2D eigenvalue weighted by Gasteiger charge is -2.17. The van der Waals surface area contributed by atoms with Crippen LogP contribution in [0.2, 0.25) is 0 Å². The summed E-state index contributed by atoms with van der Waals surface area (Å²) in [6.45, 7) is 0. The summed E-state index contributed by atoms with van der Waals surface area (Å²) in [5.41, 5.74) is 2.29. The molecule has 0 saturated heterocycles. The van der Waals surface area contributed by atoms with E-state index in [9.17, 15) is 5.11 Å². The largest absolute Gasteiger partial charge is 0.384 e. The minimum atomic E-state index is -0.432. The Kier molecular flexibility index (Phi) is 1.86. The Hall–Kier alpha value is -1.60. The van der Waals surface area contributed by atoms with Gasteiger partial charge < -0.3 is 5.11 Å². The fraction of sp³-hybridized carbons (Fsp3) is 0.143. The van der Waals surface area contributed by atoms with E-state index in [2.05, 4.69) is 24.3 Å². The van der Waals surface area contributed by atoms with Crippen LogP contribution < -0.4 is 0 Å². The molecule has 1 unspecified atom stereocenters. The average Bonchev–Trinajstić information content (AvgIpc) is 2.27. The second kappa shape index (κ2) is 3.21. The third-order valence-corrected chi connectivity index (χ3v) is 2.98. The van der Waals surface area contributed by atoms with Gasteiger partial charge in [-0.3, -0.25) is 0 Å². The molecule has 1 atom stereocenters. The van der Waals surface area contributed by atoms with Gasteiger partial charge in [0, 0.05) is 0 Å². The maximum absolute atomic E-state index is 9.83. The molecule has 0 aromatic heterocycles. The van der Waals surface area contributed by atoms with E-state index in [-0.39, 0.29) is 0 Å². The predicted molar refractivity (Wildman–Crippen MR) is 61.8 cm³/mol. The zero-order valence-corrected chi connectivity index (χ0v) is 8.35. The molecule has 1 aliphatic carbocycles. The molecule has 0 amide bonds. The van der Waals surface area contributed by atoms with E-state index in [1.807, 2.05) is 24.3 Å². The van der Waals surface area contributed by atoms with Crippen LogP contribution in [0.4, 0.5) is 0 Å². The maximum atomic E-state index is 9.83. The summed E-state index contributed by atoms with van der Waals surface area (Å²) in [4.78, 5) is 0.